The first-order valence-electron chi connectivity index (χ1n) is 11.8. The molecule has 0 unspecified atom stereocenters. The number of allylic oxidation sites excluding steroid dienone is 1. The van der Waals surface area contributed by atoms with E-state index in [0.717, 1.165) is 5.69 Å². The number of amides is 1. The number of benzene rings is 2. The van der Waals surface area contributed by atoms with E-state index in [1.165, 1.54) is 7.11 Å². The first-order chi connectivity index (χ1) is 17.5. The zero-order valence-electron chi connectivity index (χ0n) is 20.7. The lowest BCUT2D eigenvalue weighted by Gasteiger charge is -2.36. The van der Waals surface area contributed by atoms with Gasteiger partial charge >= 0.3 is 5.97 Å². The number of hydrogen-bond donors (Lipinski definition) is 0. The van der Waals surface area contributed by atoms with Gasteiger partial charge < -0.3 is 24.0 Å². The maximum Gasteiger partial charge on any atom is 0.344 e. The number of anilines is 1. The van der Waals surface area contributed by atoms with Gasteiger partial charge in [-0.05, 0) is 49.2 Å². The van der Waals surface area contributed by atoms with Crippen LogP contribution in [0.2, 0.25) is 0 Å². The summed E-state index contributed by atoms with van der Waals surface area (Å²) in [6.45, 7) is 7.94. The summed E-state index contributed by atoms with van der Waals surface area (Å²) in [5, 5.41) is 9.77. The average molecular weight is 490 g/mol. The molecular weight excluding hydrogens is 458 g/mol. The number of rotatable bonds is 10. The molecule has 0 aliphatic carbocycles. The van der Waals surface area contributed by atoms with E-state index >= 15 is 0 Å². The van der Waals surface area contributed by atoms with Crippen molar-refractivity contribution < 1.29 is 23.8 Å². The van der Waals surface area contributed by atoms with Gasteiger partial charge in [0.15, 0.2) is 18.1 Å². The Labute approximate surface area is 212 Å². The van der Waals surface area contributed by atoms with Crippen molar-refractivity contribution in [1.82, 2.24) is 4.90 Å². The number of nitrogens with zero attached hydrogens (tertiary/aromatic N) is 3. The minimum Gasteiger partial charge on any atom is -0.493 e. The number of carbonyl (C=O) groups is 2. The lowest BCUT2D eigenvalue weighted by atomic mass is 10.0. The highest BCUT2D eigenvalue weighted by Crippen LogP contribution is 2.34. The summed E-state index contributed by atoms with van der Waals surface area (Å²) in [6.07, 6.45) is 3.69. The first-order valence-corrected chi connectivity index (χ1v) is 11.8. The Balaban J connectivity index is 1.79. The fraction of sp³-hybridized carbons (Fsp3) is 0.321. The van der Waals surface area contributed by atoms with Crippen LogP contribution in [0.5, 0.6) is 11.5 Å². The highest BCUT2D eigenvalue weighted by Gasteiger charge is 2.24. The summed E-state index contributed by atoms with van der Waals surface area (Å²) < 4.78 is 16.1. The van der Waals surface area contributed by atoms with Crippen molar-refractivity contribution in [2.75, 3.05) is 51.4 Å². The van der Waals surface area contributed by atoms with Gasteiger partial charge in [0.2, 0.25) is 0 Å². The molecule has 2 aromatic rings. The van der Waals surface area contributed by atoms with E-state index in [1.807, 2.05) is 30.3 Å². The van der Waals surface area contributed by atoms with E-state index in [2.05, 4.69) is 17.5 Å². The molecule has 0 bridgehead atoms. The normalized spacial score (nSPS) is 13.5. The number of ether oxygens (including phenoxy) is 3. The van der Waals surface area contributed by atoms with Gasteiger partial charge in [0.1, 0.15) is 11.6 Å². The van der Waals surface area contributed by atoms with E-state index in [1.54, 1.807) is 36.1 Å². The predicted octanol–water partition coefficient (Wildman–Crippen LogP) is 3.62. The van der Waals surface area contributed by atoms with Crippen molar-refractivity contribution in [3.05, 3.63) is 71.8 Å². The minimum absolute atomic E-state index is 0.0370. The van der Waals surface area contributed by atoms with Crippen LogP contribution in [0, 0.1) is 11.3 Å². The van der Waals surface area contributed by atoms with Crippen LogP contribution in [0.3, 0.4) is 0 Å². The Bertz CT molecular complexity index is 1150. The van der Waals surface area contributed by atoms with Crippen LogP contribution in [-0.2, 0) is 20.7 Å². The van der Waals surface area contributed by atoms with Crippen LogP contribution in [0.4, 0.5) is 5.69 Å². The molecule has 8 nitrogen and oxygen atoms in total. The smallest absolute Gasteiger partial charge is 0.344 e. The molecule has 0 aromatic heterocycles. The van der Waals surface area contributed by atoms with Gasteiger partial charge in [0.05, 0.1) is 13.7 Å². The zero-order chi connectivity index (χ0) is 25.9. The van der Waals surface area contributed by atoms with Crippen molar-refractivity contribution in [2.24, 2.45) is 0 Å². The molecule has 0 saturated carbocycles. The molecule has 36 heavy (non-hydrogen) atoms. The molecule has 0 atom stereocenters. The average Bonchev–Trinajstić information content (AvgIpc) is 2.91. The lowest BCUT2D eigenvalue weighted by Crippen LogP contribution is -2.49. The standard InChI is InChI=1S/C28H31N3O5/c1-4-9-22-16-21(18-25(34-3)27(22)36-20-26(32)35-5-2)17-23(19-29)28(33)31-14-12-30(13-15-31)24-10-7-6-8-11-24/h4,6-8,10-11,16-18H,1,5,9,12-15,20H2,2-3H3/b23-17-. The molecule has 8 heteroatoms. The summed E-state index contributed by atoms with van der Waals surface area (Å²) in [5.74, 6) is -0.0227. The van der Waals surface area contributed by atoms with Crippen LogP contribution in [0.25, 0.3) is 6.08 Å². The predicted molar refractivity (Wildman–Crippen MR) is 138 cm³/mol. The topological polar surface area (TPSA) is 92.1 Å². The third-order valence-electron chi connectivity index (χ3n) is 5.73. The number of nitriles is 1. The fourth-order valence-corrected chi connectivity index (χ4v) is 4.01. The number of esters is 1. The molecular formula is C28H31N3O5. The summed E-state index contributed by atoms with van der Waals surface area (Å²) in [6, 6.07) is 15.6. The Kier molecular flexibility index (Phi) is 9.52. The quantitative estimate of drug-likeness (QED) is 0.218. The molecule has 1 aliphatic rings. The number of carbonyl (C=O) groups excluding carboxylic acids is 2. The Morgan fingerprint density at radius 2 is 1.86 bits per heavy atom. The molecule has 188 valence electrons. The van der Waals surface area contributed by atoms with Crippen molar-refractivity contribution in [3.63, 3.8) is 0 Å². The largest absolute Gasteiger partial charge is 0.493 e. The third-order valence-corrected chi connectivity index (χ3v) is 5.73. The second kappa shape index (κ2) is 13.0. The Hall–Kier alpha value is -4.25. The summed E-state index contributed by atoms with van der Waals surface area (Å²) >= 11 is 0. The second-order valence-electron chi connectivity index (χ2n) is 8.08. The van der Waals surface area contributed by atoms with Gasteiger partial charge in [0.25, 0.3) is 5.91 Å². The van der Waals surface area contributed by atoms with Crippen LogP contribution < -0.4 is 14.4 Å². The van der Waals surface area contributed by atoms with Gasteiger partial charge in [-0.2, -0.15) is 5.26 Å². The van der Waals surface area contributed by atoms with Crippen molar-refractivity contribution >= 4 is 23.6 Å². The number of hydrogen-bond acceptors (Lipinski definition) is 7. The van der Waals surface area contributed by atoms with Crippen LogP contribution >= 0.6 is 0 Å². The molecule has 1 saturated heterocycles. The van der Waals surface area contributed by atoms with Gasteiger partial charge in [-0.25, -0.2) is 4.79 Å². The SMILES string of the molecule is C=CCc1cc(/C=C(/C#N)C(=O)N2CCN(c3ccccc3)CC2)cc(OC)c1OCC(=O)OCC. The van der Waals surface area contributed by atoms with E-state index in [9.17, 15) is 14.9 Å². The minimum atomic E-state index is -0.488. The molecule has 0 spiro atoms. The highest BCUT2D eigenvalue weighted by atomic mass is 16.6. The number of para-hydroxylation sites is 1. The second-order valence-corrected chi connectivity index (χ2v) is 8.08. The van der Waals surface area contributed by atoms with E-state index in [-0.39, 0.29) is 24.7 Å². The van der Waals surface area contributed by atoms with Crippen molar-refractivity contribution in [1.29, 1.82) is 5.26 Å². The first kappa shape index (κ1) is 26.4. The molecule has 1 aliphatic heterocycles. The fourth-order valence-electron chi connectivity index (χ4n) is 4.01. The maximum absolute atomic E-state index is 13.1. The summed E-state index contributed by atoms with van der Waals surface area (Å²) in [7, 11) is 1.49. The molecule has 2 aromatic carbocycles. The molecule has 1 heterocycles. The van der Waals surface area contributed by atoms with Crippen molar-refractivity contribution in [2.45, 2.75) is 13.3 Å². The zero-order valence-corrected chi connectivity index (χ0v) is 20.7. The third kappa shape index (κ3) is 6.66. The molecule has 0 N–H and O–H groups in total. The monoisotopic (exact) mass is 489 g/mol. The number of piperazine rings is 1. The van der Waals surface area contributed by atoms with Gasteiger partial charge in [-0.1, -0.05) is 24.3 Å². The van der Waals surface area contributed by atoms with Gasteiger partial charge in [-0.3, -0.25) is 4.79 Å². The number of methoxy groups -OCH3 is 1. The maximum atomic E-state index is 13.1. The molecule has 3 rings (SSSR count). The van der Waals surface area contributed by atoms with E-state index in [0.29, 0.717) is 55.2 Å². The van der Waals surface area contributed by atoms with Crippen LogP contribution in [0.1, 0.15) is 18.1 Å². The Morgan fingerprint density at radius 1 is 1.14 bits per heavy atom. The van der Waals surface area contributed by atoms with Gasteiger partial charge in [0, 0.05) is 37.4 Å². The molecule has 1 amide bonds. The van der Waals surface area contributed by atoms with Crippen LogP contribution in [0.15, 0.2) is 60.7 Å². The summed E-state index contributed by atoms with van der Waals surface area (Å²) in [5.41, 5.74) is 2.48. The molecule has 0 radical (unpaired) electrons. The highest BCUT2D eigenvalue weighted by molar-refractivity contribution is 6.02. The lowest BCUT2D eigenvalue weighted by molar-refractivity contribution is -0.145. The van der Waals surface area contributed by atoms with E-state index < -0.39 is 5.97 Å². The van der Waals surface area contributed by atoms with Gasteiger partial charge in [-0.15, -0.1) is 6.58 Å². The molecule has 1 fully saturated rings. The summed E-state index contributed by atoms with van der Waals surface area (Å²) in [4.78, 5) is 28.8. The van der Waals surface area contributed by atoms with Crippen LogP contribution in [-0.4, -0.2) is 63.3 Å². The van der Waals surface area contributed by atoms with E-state index in [4.69, 9.17) is 14.2 Å². The van der Waals surface area contributed by atoms with Crippen molar-refractivity contribution in [3.8, 4) is 17.6 Å². The Morgan fingerprint density at radius 3 is 2.47 bits per heavy atom.